The van der Waals surface area contributed by atoms with Crippen LogP contribution in [0.15, 0.2) is 18.2 Å². The molecule has 1 aromatic heterocycles. The largest absolute Gasteiger partial charge is 0.491 e. The van der Waals surface area contributed by atoms with Crippen molar-refractivity contribution >= 4 is 17.8 Å². The molecule has 0 aliphatic carbocycles. The van der Waals surface area contributed by atoms with Crippen molar-refractivity contribution < 1.29 is 32.6 Å². The van der Waals surface area contributed by atoms with Crippen LogP contribution >= 0.6 is 0 Å². The molecule has 2 N–H and O–H groups in total. The van der Waals surface area contributed by atoms with E-state index in [1.54, 1.807) is 29.7 Å². The van der Waals surface area contributed by atoms with Gasteiger partial charge < -0.3 is 24.5 Å². The smallest absolute Gasteiger partial charge is 0.416 e. The number of ether oxygens (including phenoxy) is 3. The topological polar surface area (TPSA) is 109 Å². The standard InChI is InChI=1S/C18H18F2N4O5/c1-9-16(24-12(15(19)20)7-29-18(24)26)22-17-11-3-2-10(28-8-14(21)25)6-13(11)27-5-4-23(9)17/h2-3,6,12,15H,4-5,7-8H2,1H3,(H2,21,25). The minimum absolute atomic E-state index is 0.134. The maximum atomic E-state index is 13.4. The van der Waals surface area contributed by atoms with Crippen LogP contribution in [0.25, 0.3) is 11.4 Å². The van der Waals surface area contributed by atoms with Crippen LogP contribution in [0.4, 0.5) is 19.4 Å². The highest BCUT2D eigenvalue weighted by molar-refractivity contribution is 5.90. The maximum Gasteiger partial charge on any atom is 0.416 e. The van der Waals surface area contributed by atoms with Crippen molar-refractivity contribution in [1.29, 1.82) is 0 Å². The molecule has 2 aliphatic heterocycles. The highest BCUT2D eigenvalue weighted by Crippen LogP contribution is 2.39. The van der Waals surface area contributed by atoms with Gasteiger partial charge in [-0.25, -0.2) is 23.5 Å². The Morgan fingerprint density at radius 3 is 2.93 bits per heavy atom. The maximum absolute atomic E-state index is 13.4. The number of hydrogen-bond donors (Lipinski definition) is 1. The number of anilines is 1. The summed E-state index contributed by atoms with van der Waals surface area (Å²) in [6.07, 6.45) is -3.61. The molecule has 3 heterocycles. The van der Waals surface area contributed by atoms with Gasteiger partial charge in [0.1, 0.15) is 36.6 Å². The fourth-order valence-electron chi connectivity index (χ4n) is 3.39. The molecule has 2 aromatic rings. The number of nitrogens with two attached hydrogens (primary N) is 1. The molecule has 1 saturated heterocycles. The summed E-state index contributed by atoms with van der Waals surface area (Å²) in [5, 5.41) is 0. The van der Waals surface area contributed by atoms with E-state index < -0.39 is 31.1 Å². The molecule has 1 atom stereocenters. The number of fused-ring (bicyclic) bond motifs is 3. The van der Waals surface area contributed by atoms with Crippen LogP contribution in [-0.2, 0) is 16.1 Å². The molecule has 11 heteroatoms. The molecule has 1 aromatic carbocycles. The number of halogens is 2. The number of aromatic nitrogens is 2. The number of benzene rings is 1. The van der Waals surface area contributed by atoms with Gasteiger partial charge in [0, 0.05) is 6.07 Å². The second-order valence-electron chi connectivity index (χ2n) is 6.61. The summed E-state index contributed by atoms with van der Waals surface area (Å²) in [4.78, 5) is 28.4. The van der Waals surface area contributed by atoms with Crippen molar-refractivity contribution in [1.82, 2.24) is 9.55 Å². The predicted octanol–water partition coefficient (Wildman–Crippen LogP) is 1.71. The molecule has 0 spiro atoms. The zero-order valence-electron chi connectivity index (χ0n) is 15.4. The number of imidazole rings is 1. The number of hydrogen-bond acceptors (Lipinski definition) is 6. The first-order valence-electron chi connectivity index (χ1n) is 8.86. The average Bonchev–Trinajstić information content (AvgIpc) is 3.14. The zero-order chi connectivity index (χ0) is 20.7. The monoisotopic (exact) mass is 408 g/mol. The van der Waals surface area contributed by atoms with Gasteiger partial charge in [-0.3, -0.25) is 4.79 Å². The third kappa shape index (κ3) is 3.32. The number of amides is 2. The Labute approximate surface area is 163 Å². The van der Waals surface area contributed by atoms with E-state index in [9.17, 15) is 18.4 Å². The van der Waals surface area contributed by atoms with Crippen molar-refractivity contribution in [3.63, 3.8) is 0 Å². The molecule has 2 aliphatic rings. The third-order valence-corrected chi connectivity index (χ3v) is 4.77. The van der Waals surface area contributed by atoms with Gasteiger partial charge in [0.05, 0.1) is 17.8 Å². The summed E-state index contributed by atoms with van der Waals surface area (Å²) >= 11 is 0. The van der Waals surface area contributed by atoms with Crippen molar-refractivity contribution in [3.8, 4) is 22.9 Å². The summed E-state index contributed by atoms with van der Waals surface area (Å²) in [5.74, 6) is 0.841. The van der Waals surface area contributed by atoms with Crippen LogP contribution in [0.3, 0.4) is 0 Å². The van der Waals surface area contributed by atoms with Gasteiger partial charge in [0.15, 0.2) is 12.4 Å². The first-order chi connectivity index (χ1) is 13.9. The van der Waals surface area contributed by atoms with Crippen molar-refractivity contribution in [2.75, 3.05) is 24.7 Å². The molecule has 0 radical (unpaired) electrons. The Kier molecular flexibility index (Phi) is 4.73. The molecular formula is C18H18F2N4O5. The summed E-state index contributed by atoms with van der Waals surface area (Å²) in [6.45, 7) is 1.73. The molecule has 29 heavy (non-hydrogen) atoms. The summed E-state index contributed by atoms with van der Waals surface area (Å²) in [5.41, 5.74) is 6.24. The van der Waals surface area contributed by atoms with E-state index in [1.807, 2.05) is 0 Å². The van der Waals surface area contributed by atoms with Gasteiger partial charge in [-0.15, -0.1) is 0 Å². The van der Waals surface area contributed by atoms with Crippen LogP contribution < -0.4 is 20.1 Å². The number of alkyl halides is 2. The molecule has 2 amide bonds. The molecule has 1 fully saturated rings. The minimum Gasteiger partial charge on any atom is -0.491 e. The number of carbonyl (C=O) groups is 2. The molecule has 9 nitrogen and oxygen atoms in total. The van der Waals surface area contributed by atoms with Gasteiger partial charge in [-0.2, -0.15) is 0 Å². The van der Waals surface area contributed by atoms with E-state index in [1.165, 1.54) is 0 Å². The van der Waals surface area contributed by atoms with Gasteiger partial charge in [0.2, 0.25) is 0 Å². The lowest BCUT2D eigenvalue weighted by Gasteiger charge is -2.19. The number of nitrogens with zero attached hydrogens (tertiary/aromatic N) is 3. The Morgan fingerprint density at radius 1 is 1.41 bits per heavy atom. The first-order valence-corrected chi connectivity index (χ1v) is 8.86. The van der Waals surface area contributed by atoms with E-state index in [0.29, 0.717) is 41.7 Å². The van der Waals surface area contributed by atoms with Gasteiger partial charge >= 0.3 is 6.09 Å². The SMILES string of the molecule is Cc1c(N2C(=O)OCC2C(F)F)nc2n1CCOc1cc(OCC(N)=O)ccc1-2. The highest BCUT2D eigenvalue weighted by atomic mass is 19.3. The first kappa shape index (κ1) is 19.0. The molecule has 0 bridgehead atoms. The number of primary amides is 1. The number of cyclic esters (lactones) is 1. The van der Waals surface area contributed by atoms with Crippen LogP contribution in [0.2, 0.25) is 0 Å². The second kappa shape index (κ2) is 7.22. The molecule has 154 valence electrons. The molecule has 4 rings (SSSR count). The Balaban J connectivity index is 1.74. The van der Waals surface area contributed by atoms with Gasteiger partial charge in [-0.05, 0) is 19.1 Å². The minimum atomic E-state index is -2.76. The van der Waals surface area contributed by atoms with Crippen LogP contribution in [0.1, 0.15) is 5.69 Å². The van der Waals surface area contributed by atoms with Crippen molar-refractivity contribution in [2.24, 2.45) is 5.73 Å². The highest BCUT2D eigenvalue weighted by Gasteiger charge is 2.43. The van der Waals surface area contributed by atoms with E-state index in [2.05, 4.69) is 4.98 Å². The Morgan fingerprint density at radius 2 is 2.21 bits per heavy atom. The predicted molar refractivity (Wildman–Crippen MR) is 96.2 cm³/mol. The van der Waals surface area contributed by atoms with Gasteiger partial charge in [-0.1, -0.05) is 0 Å². The fourth-order valence-corrected chi connectivity index (χ4v) is 3.39. The fraction of sp³-hybridized carbons (Fsp3) is 0.389. The number of carbonyl (C=O) groups excluding carboxylic acids is 2. The Hall–Kier alpha value is -3.37. The summed E-state index contributed by atoms with van der Waals surface area (Å²) < 4.78 is 44.4. The zero-order valence-corrected chi connectivity index (χ0v) is 15.4. The van der Waals surface area contributed by atoms with Crippen LogP contribution in [0, 0.1) is 6.92 Å². The van der Waals surface area contributed by atoms with Gasteiger partial charge in [0.25, 0.3) is 12.3 Å². The van der Waals surface area contributed by atoms with Crippen molar-refractivity contribution in [2.45, 2.75) is 25.9 Å². The second-order valence-corrected chi connectivity index (χ2v) is 6.61. The van der Waals surface area contributed by atoms with E-state index in [-0.39, 0.29) is 12.4 Å². The Bertz CT molecular complexity index is 977. The summed E-state index contributed by atoms with van der Waals surface area (Å²) in [7, 11) is 0. The van der Waals surface area contributed by atoms with Crippen LogP contribution in [0.5, 0.6) is 11.5 Å². The van der Waals surface area contributed by atoms with E-state index >= 15 is 0 Å². The van der Waals surface area contributed by atoms with E-state index in [0.717, 1.165) is 4.90 Å². The van der Waals surface area contributed by atoms with Crippen LogP contribution in [-0.4, -0.2) is 53.8 Å². The molecule has 0 saturated carbocycles. The average molecular weight is 408 g/mol. The lowest BCUT2D eigenvalue weighted by atomic mass is 10.2. The normalized spacial score (nSPS) is 18.0. The quantitative estimate of drug-likeness (QED) is 0.807. The van der Waals surface area contributed by atoms with E-state index in [4.69, 9.17) is 19.9 Å². The molecule has 1 unspecified atom stereocenters. The molecular weight excluding hydrogens is 390 g/mol. The van der Waals surface area contributed by atoms with Crippen molar-refractivity contribution in [3.05, 3.63) is 23.9 Å². The number of rotatable bonds is 5. The third-order valence-electron chi connectivity index (χ3n) is 4.77. The lowest BCUT2D eigenvalue weighted by molar-refractivity contribution is -0.119. The summed E-state index contributed by atoms with van der Waals surface area (Å²) in [6, 6.07) is 3.52. The lowest BCUT2D eigenvalue weighted by Crippen LogP contribution is -2.39.